The lowest BCUT2D eigenvalue weighted by Gasteiger charge is -2.30. The highest BCUT2D eigenvalue weighted by molar-refractivity contribution is 5.72. The van der Waals surface area contributed by atoms with E-state index in [0.717, 1.165) is 18.9 Å². The number of benzene rings is 1. The van der Waals surface area contributed by atoms with Crippen molar-refractivity contribution in [3.05, 3.63) is 35.9 Å². The predicted octanol–water partition coefficient (Wildman–Crippen LogP) is 4.61. The van der Waals surface area contributed by atoms with Gasteiger partial charge in [-0.2, -0.15) is 0 Å². The molecule has 136 valence electrons. The number of carbonyl (C=O) groups excluding carboxylic acids is 1. The lowest BCUT2D eigenvalue weighted by molar-refractivity contribution is 0.190. The Bertz CT molecular complexity index is 622. The van der Waals surface area contributed by atoms with Crippen LogP contribution in [0.2, 0.25) is 0 Å². The molecule has 0 spiro atoms. The normalized spacial score (nSPS) is 21.7. The molecule has 1 fully saturated rings. The van der Waals surface area contributed by atoms with Gasteiger partial charge in [-0.1, -0.05) is 18.2 Å². The van der Waals surface area contributed by atoms with Crippen LogP contribution in [-0.2, 0) is 0 Å². The zero-order valence-electron chi connectivity index (χ0n) is 15.7. The molecule has 1 amide bonds. The number of nitrogens with one attached hydrogen (secondary N) is 1. The van der Waals surface area contributed by atoms with Crippen molar-refractivity contribution < 1.29 is 9.53 Å². The fraction of sp³-hybridized carbons (Fsp3) is 0.571. The van der Waals surface area contributed by atoms with Gasteiger partial charge in [0.05, 0.1) is 0 Å². The van der Waals surface area contributed by atoms with E-state index < -0.39 is 6.09 Å². The summed E-state index contributed by atoms with van der Waals surface area (Å²) in [6.07, 6.45) is 8.24. The van der Waals surface area contributed by atoms with Gasteiger partial charge in [0.2, 0.25) is 0 Å². The van der Waals surface area contributed by atoms with Crippen molar-refractivity contribution in [2.24, 2.45) is 0 Å². The van der Waals surface area contributed by atoms with Crippen LogP contribution in [0, 0.1) is 0 Å². The van der Waals surface area contributed by atoms with E-state index in [1.165, 1.54) is 43.5 Å². The minimum absolute atomic E-state index is 0.296. The van der Waals surface area contributed by atoms with Gasteiger partial charge < -0.3 is 15.0 Å². The summed E-state index contributed by atoms with van der Waals surface area (Å²) in [6, 6.07) is 8.61. The van der Waals surface area contributed by atoms with Crippen molar-refractivity contribution in [1.82, 2.24) is 10.2 Å². The summed E-state index contributed by atoms with van der Waals surface area (Å²) in [4.78, 5) is 14.5. The highest BCUT2D eigenvalue weighted by atomic mass is 16.6. The molecule has 0 aromatic heterocycles. The van der Waals surface area contributed by atoms with Crippen molar-refractivity contribution >= 4 is 11.7 Å². The monoisotopic (exact) mass is 342 g/mol. The maximum Gasteiger partial charge on any atom is 0.413 e. The first-order valence-electron chi connectivity index (χ1n) is 9.44. The van der Waals surface area contributed by atoms with Crippen LogP contribution >= 0.6 is 0 Å². The molecule has 1 unspecified atom stereocenters. The maximum atomic E-state index is 11.8. The smallest absolute Gasteiger partial charge is 0.410 e. The van der Waals surface area contributed by atoms with Gasteiger partial charge in [0.25, 0.3) is 0 Å². The minimum Gasteiger partial charge on any atom is -0.410 e. The number of nitrogens with zero attached hydrogens (tertiary/aromatic N) is 1. The Morgan fingerprint density at radius 1 is 1.16 bits per heavy atom. The highest BCUT2D eigenvalue weighted by Gasteiger charge is 2.24. The minimum atomic E-state index is -0.411. The van der Waals surface area contributed by atoms with Crippen LogP contribution in [0.3, 0.4) is 0 Å². The molecule has 4 nitrogen and oxygen atoms in total. The average Bonchev–Trinajstić information content (AvgIpc) is 3.08. The summed E-state index contributed by atoms with van der Waals surface area (Å²) < 4.78 is 5.34. The van der Waals surface area contributed by atoms with Gasteiger partial charge in [-0.3, -0.25) is 0 Å². The Kier molecular flexibility index (Phi) is 5.48. The highest BCUT2D eigenvalue weighted by Crippen LogP contribution is 2.31. The standard InChI is InChI=1S/C21H30N2O2/c1-21(2,3)22-20(24)25-19-12-8-17(9-13-19)16-6-10-18(11-7-16)23-14-4-5-15-23/h6,8-9,12-13,18H,4-5,7,10-11,14-15H2,1-3H3,(H,22,24). The zero-order valence-corrected chi connectivity index (χ0v) is 15.7. The molecule has 1 saturated heterocycles. The first kappa shape index (κ1) is 18.0. The molecule has 0 saturated carbocycles. The molecule has 4 heteroatoms. The number of likely N-dealkylation sites (tertiary alicyclic amines) is 1. The van der Waals surface area contributed by atoms with E-state index in [1.54, 1.807) is 0 Å². The quantitative estimate of drug-likeness (QED) is 0.872. The van der Waals surface area contributed by atoms with Gasteiger partial charge in [-0.05, 0) is 89.2 Å². The molecule has 25 heavy (non-hydrogen) atoms. The van der Waals surface area contributed by atoms with Crippen molar-refractivity contribution in [3.8, 4) is 5.75 Å². The molecule has 2 aliphatic rings. The van der Waals surface area contributed by atoms with Gasteiger partial charge in [-0.15, -0.1) is 0 Å². The summed E-state index contributed by atoms with van der Waals surface area (Å²) in [5, 5.41) is 2.80. The fourth-order valence-corrected chi connectivity index (χ4v) is 3.70. The van der Waals surface area contributed by atoms with Gasteiger partial charge in [0.15, 0.2) is 0 Å². The second-order valence-electron chi connectivity index (χ2n) is 8.19. The summed E-state index contributed by atoms with van der Waals surface area (Å²) in [5.74, 6) is 0.580. The summed E-state index contributed by atoms with van der Waals surface area (Å²) in [5.41, 5.74) is 2.36. The average molecular weight is 342 g/mol. The van der Waals surface area contributed by atoms with E-state index in [2.05, 4.69) is 28.4 Å². The van der Waals surface area contributed by atoms with E-state index in [-0.39, 0.29) is 5.54 Å². The Hall–Kier alpha value is -1.81. The molecular weight excluding hydrogens is 312 g/mol. The lowest BCUT2D eigenvalue weighted by Crippen LogP contribution is -2.42. The largest absolute Gasteiger partial charge is 0.413 e. The molecule has 1 aliphatic carbocycles. The van der Waals surface area contributed by atoms with Crippen molar-refractivity contribution in [3.63, 3.8) is 0 Å². The SMILES string of the molecule is CC(C)(C)NC(=O)Oc1ccc(C2=CCC(N3CCCC3)CC2)cc1. The number of allylic oxidation sites excluding steroid dienone is 1. The molecule has 1 atom stereocenters. The van der Waals surface area contributed by atoms with Gasteiger partial charge in [-0.25, -0.2) is 4.79 Å². The molecule has 3 rings (SSSR count). The first-order valence-corrected chi connectivity index (χ1v) is 9.44. The maximum absolute atomic E-state index is 11.8. The Labute approximate surface area is 151 Å². The summed E-state index contributed by atoms with van der Waals surface area (Å²) in [7, 11) is 0. The van der Waals surface area contributed by atoms with E-state index in [1.807, 2.05) is 32.9 Å². The van der Waals surface area contributed by atoms with Gasteiger partial charge in [0, 0.05) is 11.6 Å². The number of rotatable bonds is 3. The third kappa shape index (κ3) is 5.08. The lowest BCUT2D eigenvalue weighted by atomic mass is 9.90. The predicted molar refractivity (Wildman–Crippen MR) is 102 cm³/mol. The van der Waals surface area contributed by atoms with E-state index in [0.29, 0.717) is 5.75 Å². The second kappa shape index (κ2) is 7.61. The number of ether oxygens (including phenoxy) is 1. The molecule has 1 aromatic rings. The molecule has 1 N–H and O–H groups in total. The van der Waals surface area contributed by atoms with Crippen LogP contribution in [0.25, 0.3) is 5.57 Å². The Morgan fingerprint density at radius 3 is 2.40 bits per heavy atom. The molecule has 1 aliphatic heterocycles. The molecule has 0 bridgehead atoms. The number of hydrogen-bond acceptors (Lipinski definition) is 3. The third-order valence-electron chi connectivity index (χ3n) is 4.95. The van der Waals surface area contributed by atoms with Crippen LogP contribution in [-0.4, -0.2) is 35.7 Å². The summed E-state index contributed by atoms with van der Waals surface area (Å²) >= 11 is 0. The van der Waals surface area contributed by atoms with Crippen LogP contribution in [0.15, 0.2) is 30.3 Å². The van der Waals surface area contributed by atoms with Crippen LogP contribution < -0.4 is 10.1 Å². The van der Waals surface area contributed by atoms with E-state index >= 15 is 0 Å². The van der Waals surface area contributed by atoms with Crippen LogP contribution in [0.1, 0.15) is 58.4 Å². The molecule has 1 aromatic carbocycles. The van der Waals surface area contributed by atoms with Crippen molar-refractivity contribution in [1.29, 1.82) is 0 Å². The van der Waals surface area contributed by atoms with Crippen molar-refractivity contribution in [2.45, 2.75) is 64.5 Å². The Balaban J connectivity index is 1.56. The fourth-order valence-electron chi connectivity index (χ4n) is 3.70. The number of carbonyl (C=O) groups is 1. The molecule has 1 heterocycles. The van der Waals surface area contributed by atoms with Gasteiger partial charge >= 0.3 is 6.09 Å². The van der Waals surface area contributed by atoms with E-state index in [9.17, 15) is 4.79 Å². The van der Waals surface area contributed by atoms with Gasteiger partial charge in [0.1, 0.15) is 5.75 Å². The van der Waals surface area contributed by atoms with Crippen LogP contribution in [0.5, 0.6) is 5.75 Å². The number of hydrogen-bond donors (Lipinski definition) is 1. The number of amides is 1. The van der Waals surface area contributed by atoms with E-state index in [4.69, 9.17) is 4.74 Å². The topological polar surface area (TPSA) is 41.6 Å². The molecular formula is C21H30N2O2. The van der Waals surface area contributed by atoms with Crippen molar-refractivity contribution in [2.75, 3.05) is 13.1 Å². The third-order valence-corrected chi connectivity index (χ3v) is 4.95. The Morgan fingerprint density at radius 2 is 1.84 bits per heavy atom. The van der Waals surface area contributed by atoms with Crippen LogP contribution in [0.4, 0.5) is 4.79 Å². The second-order valence-corrected chi connectivity index (χ2v) is 8.19. The zero-order chi connectivity index (χ0) is 17.9. The molecule has 0 radical (unpaired) electrons. The first-order chi connectivity index (χ1) is 11.9. The summed E-state index contributed by atoms with van der Waals surface area (Å²) in [6.45, 7) is 8.35.